The Morgan fingerprint density at radius 3 is 2.05 bits per heavy atom. The monoisotopic (exact) mass is 560 g/mol. The molecule has 0 amide bonds. The van der Waals surface area contributed by atoms with E-state index in [1.54, 1.807) is 16.9 Å². The number of aromatic nitrogens is 6. The Labute approximate surface area is 245 Å². The van der Waals surface area contributed by atoms with E-state index in [1.165, 1.54) is 10.4 Å². The van der Waals surface area contributed by atoms with Crippen molar-refractivity contribution in [2.45, 2.75) is 59.9 Å². The smallest absolute Gasteiger partial charge is 0.143 e. The van der Waals surface area contributed by atoms with Gasteiger partial charge in [0.25, 0.3) is 0 Å². The number of phenolic OH excluding ortho intramolecular Hbond substituents is 2. The number of fused-ring (bicyclic) bond motifs is 2. The molecule has 2 heterocycles. The largest absolute Gasteiger partial charge is 0.508 e. The second-order valence-electron chi connectivity index (χ2n) is 13.0. The highest BCUT2D eigenvalue weighted by Gasteiger charge is 2.28. The van der Waals surface area contributed by atoms with Crippen molar-refractivity contribution in [3.63, 3.8) is 0 Å². The molecule has 8 heteroatoms. The number of nitrogens with zero attached hydrogens (tertiary/aromatic N) is 6. The first-order valence-corrected chi connectivity index (χ1v) is 14.2. The fourth-order valence-corrected chi connectivity index (χ4v) is 6.03. The molecule has 42 heavy (non-hydrogen) atoms. The zero-order chi connectivity index (χ0) is 29.8. The number of benzene rings is 4. The molecule has 2 N–H and O–H groups in total. The molecule has 8 nitrogen and oxygen atoms in total. The predicted molar refractivity (Wildman–Crippen MR) is 166 cm³/mol. The molecule has 0 aliphatic heterocycles. The SMILES string of the molecule is Cc1cc(-n2nc3ccccc3n2)c(O)cc1-c1ccc2nn(Cc3cc(C(C)(C)CC(C)(C)C)ccc3O)nc2c1. The van der Waals surface area contributed by atoms with Gasteiger partial charge in [-0.05, 0) is 95.0 Å². The molecule has 0 saturated carbocycles. The topological polar surface area (TPSA) is 102 Å². The molecule has 2 aromatic heterocycles. The van der Waals surface area contributed by atoms with Crippen LogP contribution in [-0.2, 0) is 12.0 Å². The minimum Gasteiger partial charge on any atom is -0.508 e. The number of phenols is 2. The molecule has 0 radical (unpaired) electrons. The maximum atomic E-state index is 10.9. The van der Waals surface area contributed by atoms with Crippen molar-refractivity contribution in [3.8, 4) is 28.3 Å². The number of aromatic hydroxyl groups is 2. The van der Waals surface area contributed by atoms with Crippen LogP contribution in [0, 0.1) is 12.3 Å². The molecule has 6 aromatic rings. The van der Waals surface area contributed by atoms with Crippen molar-refractivity contribution in [2.24, 2.45) is 5.41 Å². The average molecular weight is 561 g/mol. The van der Waals surface area contributed by atoms with Crippen LogP contribution in [-0.4, -0.2) is 40.2 Å². The maximum absolute atomic E-state index is 10.9. The number of aryl methyl sites for hydroxylation is 1. The highest BCUT2D eigenvalue weighted by atomic mass is 16.3. The van der Waals surface area contributed by atoms with Crippen molar-refractivity contribution in [3.05, 3.63) is 89.5 Å². The van der Waals surface area contributed by atoms with Gasteiger partial charge < -0.3 is 10.2 Å². The Balaban J connectivity index is 1.29. The molecular formula is C34H36N6O2. The lowest BCUT2D eigenvalue weighted by Gasteiger charge is -2.33. The number of hydrogen-bond donors (Lipinski definition) is 2. The van der Waals surface area contributed by atoms with Crippen LogP contribution in [0.3, 0.4) is 0 Å². The van der Waals surface area contributed by atoms with Crippen LogP contribution in [0.1, 0.15) is 57.7 Å². The molecule has 0 bridgehead atoms. The number of hydrogen-bond acceptors (Lipinski definition) is 6. The van der Waals surface area contributed by atoms with E-state index in [0.717, 1.165) is 50.7 Å². The second-order valence-corrected chi connectivity index (χ2v) is 13.0. The first-order valence-electron chi connectivity index (χ1n) is 14.2. The van der Waals surface area contributed by atoms with Crippen molar-refractivity contribution in [1.82, 2.24) is 30.0 Å². The highest BCUT2D eigenvalue weighted by Crippen LogP contribution is 2.38. The third-order valence-electron chi connectivity index (χ3n) is 7.70. The van der Waals surface area contributed by atoms with Crippen molar-refractivity contribution in [1.29, 1.82) is 0 Å². The van der Waals surface area contributed by atoms with E-state index < -0.39 is 0 Å². The fraction of sp³-hybridized carbons (Fsp3) is 0.294. The van der Waals surface area contributed by atoms with Gasteiger partial charge >= 0.3 is 0 Å². The van der Waals surface area contributed by atoms with E-state index in [9.17, 15) is 10.2 Å². The lowest BCUT2D eigenvalue weighted by atomic mass is 9.72. The predicted octanol–water partition coefficient (Wildman–Crippen LogP) is 7.31. The molecule has 0 atom stereocenters. The summed E-state index contributed by atoms with van der Waals surface area (Å²) in [4.78, 5) is 3.10. The summed E-state index contributed by atoms with van der Waals surface area (Å²) in [6, 6.07) is 23.0. The molecule has 0 aliphatic rings. The third kappa shape index (κ3) is 5.32. The Kier molecular flexibility index (Phi) is 6.52. The Morgan fingerprint density at radius 1 is 0.690 bits per heavy atom. The fourth-order valence-electron chi connectivity index (χ4n) is 6.03. The summed E-state index contributed by atoms with van der Waals surface area (Å²) in [5, 5.41) is 40.0. The van der Waals surface area contributed by atoms with E-state index in [1.807, 2.05) is 61.5 Å². The summed E-state index contributed by atoms with van der Waals surface area (Å²) in [5.74, 6) is 0.322. The second kappa shape index (κ2) is 9.98. The maximum Gasteiger partial charge on any atom is 0.143 e. The molecule has 6 rings (SSSR count). The summed E-state index contributed by atoms with van der Waals surface area (Å²) >= 11 is 0. The first kappa shape index (κ1) is 27.4. The van der Waals surface area contributed by atoms with Crippen LogP contribution >= 0.6 is 0 Å². The van der Waals surface area contributed by atoms with Crippen LogP contribution in [0.5, 0.6) is 11.5 Å². The Bertz CT molecular complexity index is 1910. The van der Waals surface area contributed by atoms with Gasteiger partial charge in [-0.25, -0.2) is 0 Å². The van der Waals surface area contributed by atoms with Gasteiger partial charge in [0, 0.05) is 5.56 Å². The summed E-state index contributed by atoms with van der Waals surface area (Å²) in [6.45, 7) is 13.6. The number of rotatable bonds is 6. The van der Waals surface area contributed by atoms with Crippen LogP contribution < -0.4 is 0 Å². The van der Waals surface area contributed by atoms with Gasteiger partial charge in [0.1, 0.15) is 39.3 Å². The van der Waals surface area contributed by atoms with E-state index in [0.29, 0.717) is 12.2 Å². The van der Waals surface area contributed by atoms with Crippen molar-refractivity contribution in [2.75, 3.05) is 0 Å². The van der Waals surface area contributed by atoms with Crippen LogP contribution in [0.4, 0.5) is 0 Å². The van der Waals surface area contributed by atoms with E-state index in [4.69, 9.17) is 5.10 Å². The normalized spacial score (nSPS) is 12.4. The van der Waals surface area contributed by atoms with Gasteiger partial charge in [-0.15, -0.1) is 15.0 Å². The molecule has 0 spiro atoms. The standard InChI is InChI=1S/C34H36N6O2/c1-21-15-30(40-37-26-9-7-8-10-27(26)38-40)32(42)18-25(21)22-11-13-28-29(17-22)36-39(35-28)19-23-16-24(12-14-31(23)41)34(5,6)20-33(2,3)4/h7-18,41-42H,19-20H2,1-6H3. The minimum atomic E-state index is -0.0439. The zero-order valence-electron chi connectivity index (χ0n) is 24.9. The van der Waals surface area contributed by atoms with Crippen LogP contribution in [0.2, 0.25) is 0 Å². The summed E-state index contributed by atoms with van der Waals surface area (Å²) < 4.78 is 0. The van der Waals surface area contributed by atoms with Gasteiger partial charge in [0.2, 0.25) is 0 Å². The van der Waals surface area contributed by atoms with Crippen molar-refractivity contribution < 1.29 is 10.2 Å². The molecular weight excluding hydrogens is 524 g/mol. The van der Waals surface area contributed by atoms with Crippen LogP contribution in [0.25, 0.3) is 38.9 Å². The first-order chi connectivity index (χ1) is 19.9. The Morgan fingerprint density at radius 2 is 1.36 bits per heavy atom. The summed E-state index contributed by atoms with van der Waals surface area (Å²) in [7, 11) is 0. The zero-order valence-corrected chi connectivity index (χ0v) is 24.9. The lowest BCUT2D eigenvalue weighted by Crippen LogP contribution is -2.25. The lowest BCUT2D eigenvalue weighted by molar-refractivity contribution is 0.284. The van der Waals surface area contributed by atoms with E-state index in [2.05, 4.69) is 56.0 Å². The third-order valence-corrected chi connectivity index (χ3v) is 7.70. The van der Waals surface area contributed by atoms with Gasteiger partial charge in [0.05, 0.1) is 6.54 Å². The van der Waals surface area contributed by atoms with Crippen molar-refractivity contribution >= 4 is 22.1 Å². The minimum absolute atomic E-state index is 0.0439. The Hall–Kier alpha value is -4.72. The molecule has 214 valence electrons. The van der Waals surface area contributed by atoms with Gasteiger partial charge in [0.15, 0.2) is 0 Å². The average Bonchev–Trinajstić information content (AvgIpc) is 3.52. The molecule has 4 aromatic carbocycles. The molecule has 0 aliphatic carbocycles. The summed E-state index contributed by atoms with van der Waals surface area (Å²) in [5.41, 5.74) is 8.42. The van der Waals surface area contributed by atoms with Crippen LogP contribution in [0.15, 0.2) is 72.8 Å². The van der Waals surface area contributed by atoms with Gasteiger partial charge in [-0.3, -0.25) is 0 Å². The summed E-state index contributed by atoms with van der Waals surface area (Å²) in [6.07, 6.45) is 1.02. The van der Waals surface area contributed by atoms with Gasteiger partial charge in [-0.2, -0.15) is 15.0 Å². The van der Waals surface area contributed by atoms with Gasteiger partial charge in [-0.1, -0.05) is 58.9 Å². The molecule has 0 saturated heterocycles. The molecule has 0 unspecified atom stereocenters. The van der Waals surface area contributed by atoms with E-state index >= 15 is 0 Å². The highest BCUT2D eigenvalue weighted by molar-refractivity contribution is 5.83. The van der Waals surface area contributed by atoms with E-state index in [-0.39, 0.29) is 22.3 Å². The quantitative estimate of drug-likeness (QED) is 0.221. The molecule has 0 fully saturated rings.